The van der Waals surface area contributed by atoms with Gasteiger partial charge in [-0.05, 0) is 49.6 Å². The molecule has 7 nitrogen and oxygen atoms in total. The van der Waals surface area contributed by atoms with Gasteiger partial charge in [-0.3, -0.25) is 9.59 Å². The standard InChI is InChI=1S/C22H27N3O4S/c1-16(18-7-4-3-5-8-18)23-22(27)19-9-6-14-25(15-19)30(28,29)21-12-10-20(11-13-21)24-17(2)26/h3-5,7-8,10-13,16,19H,6,9,14-15H2,1-2H3,(H,23,27)(H,24,26)/t16-,19-/m1/s1. The van der Waals surface area contributed by atoms with Crippen LogP contribution >= 0.6 is 0 Å². The van der Waals surface area contributed by atoms with Crippen LogP contribution in [0, 0.1) is 5.92 Å². The summed E-state index contributed by atoms with van der Waals surface area (Å²) in [4.78, 5) is 24.0. The molecule has 1 aliphatic rings. The topological polar surface area (TPSA) is 95.6 Å². The number of anilines is 1. The summed E-state index contributed by atoms with van der Waals surface area (Å²) in [5.74, 6) is -0.745. The fraction of sp³-hybridized carbons (Fsp3) is 0.364. The van der Waals surface area contributed by atoms with Gasteiger partial charge in [-0.25, -0.2) is 8.42 Å². The Morgan fingerprint density at radius 1 is 1.07 bits per heavy atom. The molecule has 160 valence electrons. The van der Waals surface area contributed by atoms with Gasteiger partial charge in [0.05, 0.1) is 16.9 Å². The van der Waals surface area contributed by atoms with Crippen molar-refractivity contribution in [2.24, 2.45) is 5.92 Å². The Labute approximate surface area is 177 Å². The summed E-state index contributed by atoms with van der Waals surface area (Å²) < 4.78 is 27.5. The van der Waals surface area contributed by atoms with E-state index in [1.807, 2.05) is 37.3 Å². The zero-order valence-electron chi connectivity index (χ0n) is 17.2. The first kappa shape index (κ1) is 22.0. The van der Waals surface area contributed by atoms with E-state index in [9.17, 15) is 18.0 Å². The van der Waals surface area contributed by atoms with E-state index in [0.717, 1.165) is 5.56 Å². The summed E-state index contributed by atoms with van der Waals surface area (Å²) in [6.07, 6.45) is 1.28. The number of rotatable bonds is 6. The number of amides is 2. The summed E-state index contributed by atoms with van der Waals surface area (Å²) in [5, 5.41) is 5.62. The fourth-order valence-electron chi connectivity index (χ4n) is 3.59. The molecule has 0 saturated carbocycles. The van der Waals surface area contributed by atoms with Gasteiger partial charge in [0, 0.05) is 25.7 Å². The van der Waals surface area contributed by atoms with Crippen LogP contribution in [-0.2, 0) is 19.6 Å². The lowest BCUT2D eigenvalue weighted by atomic mass is 9.98. The number of carbonyl (C=O) groups is 2. The second kappa shape index (κ2) is 9.40. The molecule has 8 heteroatoms. The van der Waals surface area contributed by atoms with Crippen molar-refractivity contribution in [3.8, 4) is 0 Å². The van der Waals surface area contributed by atoms with Gasteiger partial charge in [0.1, 0.15) is 0 Å². The Kier molecular flexibility index (Phi) is 6.89. The van der Waals surface area contributed by atoms with Crippen LogP contribution < -0.4 is 10.6 Å². The minimum atomic E-state index is -3.71. The maximum absolute atomic E-state index is 13.0. The minimum absolute atomic E-state index is 0.132. The average molecular weight is 430 g/mol. The van der Waals surface area contributed by atoms with Crippen LogP contribution in [0.4, 0.5) is 5.69 Å². The summed E-state index contributed by atoms with van der Waals surface area (Å²) >= 11 is 0. The number of piperidine rings is 1. The van der Waals surface area contributed by atoms with E-state index in [-0.39, 0.29) is 29.3 Å². The molecule has 0 unspecified atom stereocenters. The average Bonchev–Trinajstić information content (AvgIpc) is 2.74. The second-order valence-electron chi connectivity index (χ2n) is 7.55. The third kappa shape index (κ3) is 5.25. The Morgan fingerprint density at radius 2 is 1.73 bits per heavy atom. The first-order chi connectivity index (χ1) is 14.3. The molecule has 1 aliphatic heterocycles. The van der Waals surface area contributed by atoms with Gasteiger partial charge in [-0.1, -0.05) is 30.3 Å². The Hall–Kier alpha value is -2.71. The lowest BCUT2D eigenvalue weighted by Crippen LogP contribution is -2.45. The quantitative estimate of drug-likeness (QED) is 0.738. The molecule has 30 heavy (non-hydrogen) atoms. The lowest BCUT2D eigenvalue weighted by molar-refractivity contribution is -0.126. The van der Waals surface area contributed by atoms with Crippen molar-refractivity contribution < 1.29 is 18.0 Å². The minimum Gasteiger partial charge on any atom is -0.349 e. The third-order valence-electron chi connectivity index (χ3n) is 5.23. The highest BCUT2D eigenvalue weighted by Crippen LogP contribution is 2.25. The zero-order valence-corrected chi connectivity index (χ0v) is 18.0. The molecule has 0 bridgehead atoms. The molecule has 0 spiro atoms. The van der Waals surface area contributed by atoms with E-state index < -0.39 is 15.9 Å². The highest BCUT2D eigenvalue weighted by atomic mass is 32.2. The molecule has 1 heterocycles. The van der Waals surface area contributed by atoms with Gasteiger partial charge < -0.3 is 10.6 Å². The molecule has 1 fully saturated rings. The summed E-state index contributed by atoms with van der Waals surface area (Å²) in [5.41, 5.74) is 1.54. The van der Waals surface area contributed by atoms with Crippen LogP contribution in [0.15, 0.2) is 59.5 Å². The maximum Gasteiger partial charge on any atom is 0.243 e. The summed E-state index contributed by atoms with van der Waals surface area (Å²) in [6.45, 7) is 3.85. The third-order valence-corrected chi connectivity index (χ3v) is 7.11. The molecule has 2 N–H and O–H groups in total. The van der Waals surface area contributed by atoms with Crippen molar-refractivity contribution in [3.63, 3.8) is 0 Å². The van der Waals surface area contributed by atoms with Crippen molar-refractivity contribution in [1.29, 1.82) is 0 Å². The van der Waals surface area contributed by atoms with E-state index >= 15 is 0 Å². The fourth-order valence-corrected chi connectivity index (χ4v) is 5.12. The first-order valence-electron chi connectivity index (χ1n) is 10.0. The monoisotopic (exact) mass is 429 g/mol. The molecular weight excluding hydrogens is 402 g/mol. The van der Waals surface area contributed by atoms with Crippen LogP contribution in [-0.4, -0.2) is 37.6 Å². The van der Waals surface area contributed by atoms with Crippen LogP contribution in [0.25, 0.3) is 0 Å². The number of sulfonamides is 1. The van der Waals surface area contributed by atoms with E-state index in [2.05, 4.69) is 10.6 Å². The normalized spacial score (nSPS) is 18.4. The van der Waals surface area contributed by atoms with Crippen molar-refractivity contribution >= 4 is 27.5 Å². The molecule has 0 aliphatic carbocycles. The van der Waals surface area contributed by atoms with Gasteiger partial charge in [0.15, 0.2) is 0 Å². The van der Waals surface area contributed by atoms with Gasteiger partial charge >= 0.3 is 0 Å². The molecule has 1 saturated heterocycles. The van der Waals surface area contributed by atoms with Crippen molar-refractivity contribution in [1.82, 2.24) is 9.62 Å². The SMILES string of the molecule is CC(=O)Nc1ccc(S(=O)(=O)N2CCC[C@@H](C(=O)N[C@H](C)c3ccccc3)C2)cc1. The van der Waals surface area contributed by atoms with Gasteiger partial charge in [0.25, 0.3) is 0 Å². The Bertz CT molecular complexity index is 991. The lowest BCUT2D eigenvalue weighted by Gasteiger charge is -2.32. The van der Waals surface area contributed by atoms with E-state index in [1.54, 1.807) is 12.1 Å². The zero-order chi connectivity index (χ0) is 21.7. The molecule has 0 aromatic heterocycles. The largest absolute Gasteiger partial charge is 0.349 e. The van der Waals surface area contributed by atoms with Gasteiger partial charge in [-0.15, -0.1) is 0 Å². The van der Waals surface area contributed by atoms with Crippen molar-refractivity contribution in [2.45, 2.75) is 37.6 Å². The highest BCUT2D eigenvalue weighted by molar-refractivity contribution is 7.89. The van der Waals surface area contributed by atoms with Crippen LogP contribution in [0.3, 0.4) is 0 Å². The maximum atomic E-state index is 13.0. The van der Waals surface area contributed by atoms with E-state index in [0.29, 0.717) is 25.1 Å². The first-order valence-corrected chi connectivity index (χ1v) is 11.4. The molecule has 2 amide bonds. The number of nitrogens with one attached hydrogen (secondary N) is 2. The Morgan fingerprint density at radius 3 is 2.37 bits per heavy atom. The van der Waals surface area contributed by atoms with Crippen molar-refractivity contribution in [3.05, 3.63) is 60.2 Å². The number of hydrogen-bond donors (Lipinski definition) is 2. The predicted molar refractivity (Wildman–Crippen MR) is 115 cm³/mol. The molecule has 2 atom stereocenters. The van der Waals surface area contributed by atoms with E-state index in [4.69, 9.17) is 0 Å². The number of nitrogens with zero attached hydrogens (tertiary/aromatic N) is 1. The van der Waals surface area contributed by atoms with Crippen molar-refractivity contribution in [2.75, 3.05) is 18.4 Å². The highest BCUT2D eigenvalue weighted by Gasteiger charge is 2.33. The Balaban J connectivity index is 1.67. The molecular formula is C22H27N3O4S. The number of benzene rings is 2. The smallest absolute Gasteiger partial charge is 0.243 e. The predicted octanol–water partition coefficient (Wildman–Crippen LogP) is 2.92. The molecule has 2 aromatic rings. The van der Waals surface area contributed by atoms with Gasteiger partial charge in [0.2, 0.25) is 21.8 Å². The molecule has 3 rings (SSSR count). The summed E-state index contributed by atoms with van der Waals surface area (Å²) in [6, 6.07) is 15.6. The molecule has 0 radical (unpaired) electrons. The van der Waals surface area contributed by atoms with Gasteiger partial charge in [-0.2, -0.15) is 4.31 Å². The summed E-state index contributed by atoms with van der Waals surface area (Å²) in [7, 11) is -3.71. The number of carbonyl (C=O) groups excluding carboxylic acids is 2. The van der Waals surface area contributed by atoms with Crippen LogP contribution in [0.1, 0.15) is 38.3 Å². The van der Waals surface area contributed by atoms with Crippen LogP contribution in [0.2, 0.25) is 0 Å². The second-order valence-corrected chi connectivity index (χ2v) is 9.49. The van der Waals surface area contributed by atoms with E-state index in [1.165, 1.54) is 23.4 Å². The molecule has 2 aromatic carbocycles. The van der Waals surface area contributed by atoms with Crippen LogP contribution in [0.5, 0.6) is 0 Å². The number of hydrogen-bond acceptors (Lipinski definition) is 4.